The van der Waals surface area contributed by atoms with Crippen molar-refractivity contribution >= 4 is 48.9 Å². The highest BCUT2D eigenvalue weighted by molar-refractivity contribution is 6.25. The monoisotopic (exact) mass is 382 g/mol. The second-order valence-corrected chi connectivity index (χ2v) is 7.70. The van der Waals surface area contributed by atoms with Crippen LogP contribution in [0.25, 0.3) is 43.1 Å². The van der Waals surface area contributed by atoms with Gasteiger partial charge in [-0.2, -0.15) is 0 Å². The summed E-state index contributed by atoms with van der Waals surface area (Å²) in [5, 5.41) is 8.95. The normalized spacial score (nSPS) is 11.5. The van der Waals surface area contributed by atoms with E-state index in [4.69, 9.17) is 0 Å². The molecule has 0 N–H and O–H groups in total. The second-order valence-electron chi connectivity index (χ2n) is 7.70. The zero-order valence-electron chi connectivity index (χ0n) is 16.3. The number of benzene rings is 6. The minimum atomic E-state index is 0.0664. The number of hydrogen-bond donors (Lipinski definition) is 0. The molecule has 0 saturated carbocycles. The molecule has 0 aliphatic carbocycles. The van der Waals surface area contributed by atoms with Crippen LogP contribution in [0.3, 0.4) is 0 Å². The van der Waals surface area contributed by atoms with Crippen molar-refractivity contribution in [1.29, 1.82) is 0 Å². The van der Waals surface area contributed by atoms with Gasteiger partial charge >= 0.3 is 0 Å². The van der Waals surface area contributed by atoms with Gasteiger partial charge in [0.15, 0.2) is 5.78 Å². The van der Waals surface area contributed by atoms with Crippen LogP contribution in [-0.4, -0.2) is 5.78 Å². The first-order valence-electron chi connectivity index (χ1n) is 10.2. The minimum absolute atomic E-state index is 0.0664. The van der Waals surface area contributed by atoms with Crippen LogP contribution in [-0.2, 0) is 0 Å². The molecule has 140 valence electrons. The lowest BCUT2D eigenvalue weighted by atomic mass is 9.91. The first-order chi connectivity index (χ1) is 14.8. The van der Waals surface area contributed by atoms with Gasteiger partial charge < -0.3 is 0 Å². The summed E-state index contributed by atoms with van der Waals surface area (Å²) in [5.41, 5.74) is 1.50. The quantitative estimate of drug-likeness (QED) is 0.223. The van der Waals surface area contributed by atoms with E-state index in [0.717, 1.165) is 32.7 Å². The van der Waals surface area contributed by atoms with Crippen LogP contribution < -0.4 is 0 Å². The Hall–Kier alpha value is -3.97. The molecule has 0 radical (unpaired) electrons. The van der Waals surface area contributed by atoms with Gasteiger partial charge in [-0.05, 0) is 43.1 Å². The smallest absolute Gasteiger partial charge is 0.194 e. The molecule has 0 spiro atoms. The van der Waals surface area contributed by atoms with Crippen molar-refractivity contribution in [2.75, 3.05) is 0 Å². The van der Waals surface area contributed by atoms with E-state index >= 15 is 0 Å². The summed E-state index contributed by atoms with van der Waals surface area (Å²) in [6.45, 7) is 0. The van der Waals surface area contributed by atoms with Crippen molar-refractivity contribution in [3.63, 3.8) is 0 Å². The molecule has 1 heteroatoms. The first kappa shape index (κ1) is 16.9. The molecule has 6 rings (SSSR count). The Labute approximate surface area is 174 Å². The van der Waals surface area contributed by atoms with E-state index in [0.29, 0.717) is 0 Å². The Morgan fingerprint density at radius 2 is 0.800 bits per heavy atom. The van der Waals surface area contributed by atoms with Crippen molar-refractivity contribution in [2.45, 2.75) is 0 Å². The lowest BCUT2D eigenvalue weighted by Gasteiger charge is -2.11. The van der Waals surface area contributed by atoms with Gasteiger partial charge in [0.05, 0.1) is 0 Å². The number of ketones is 1. The number of rotatable bonds is 2. The molecular weight excluding hydrogens is 364 g/mol. The van der Waals surface area contributed by atoms with Crippen molar-refractivity contribution in [3.8, 4) is 0 Å². The second kappa shape index (κ2) is 6.53. The molecular formula is C29H18O. The van der Waals surface area contributed by atoms with E-state index in [1.54, 1.807) is 0 Å². The van der Waals surface area contributed by atoms with E-state index in [9.17, 15) is 4.79 Å². The van der Waals surface area contributed by atoms with Crippen molar-refractivity contribution in [2.24, 2.45) is 0 Å². The van der Waals surface area contributed by atoms with Crippen LogP contribution in [0.2, 0.25) is 0 Å². The standard InChI is InChI=1S/C29H18O/c30-29(27-13-5-11-23-21-9-3-1-7-19(21)15-17-25(23)27)28-14-6-12-24-22-10-4-2-8-20(22)16-18-26(24)28/h1-18H. The molecule has 30 heavy (non-hydrogen) atoms. The molecule has 0 atom stereocenters. The van der Waals surface area contributed by atoms with Crippen LogP contribution >= 0.6 is 0 Å². The predicted octanol–water partition coefficient (Wildman–Crippen LogP) is 7.53. The molecule has 0 aliphatic rings. The van der Waals surface area contributed by atoms with E-state index in [1.807, 2.05) is 48.5 Å². The molecule has 6 aromatic carbocycles. The third kappa shape index (κ3) is 2.46. The van der Waals surface area contributed by atoms with Crippen molar-refractivity contribution in [1.82, 2.24) is 0 Å². The number of carbonyl (C=O) groups excluding carboxylic acids is 1. The maximum atomic E-state index is 13.7. The molecule has 0 aromatic heterocycles. The van der Waals surface area contributed by atoms with Gasteiger partial charge in [0.1, 0.15) is 0 Å². The lowest BCUT2D eigenvalue weighted by molar-refractivity contribution is 0.104. The summed E-state index contributed by atoms with van der Waals surface area (Å²) in [5.74, 6) is 0.0664. The number of fused-ring (bicyclic) bond motifs is 6. The summed E-state index contributed by atoms with van der Waals surface area (Å²) in [4.78, 5) is 13.7. The van der Waals surface area contributed by atoms with E-state index < -0.39 is 0 Å². The van der Waals surface area contributed by atoms with Crippen molar-refractivity contribution < 1.29 is 4.79 Å². The predicted molar refractivity (Wildman–Crippen MR) is 126 cm³/mol. The van der Waals surface area contributed by atoms with E-state index in [-0.39, 0.29) is 5.78 Å². The fourth-order valence-corrected chi connectivity index (χ4v) is 4.62. The van der Waals surface area contributed by atoms with Crippen LogP contribution in [0.5, 0.6) is 0 Å². The van der Waals surface area contributed by atoms with Gasteiger partial charge in [-0.15, -0.1) is 0 Å². The average molecular weight is 382 g/mol. The number of carbonyl (C=O) groups is 1. The average Bonchev–Trinajstić information content (AvgIpc) is 2.82. The molecule has 0 bridgehead atoms. The third-order valence-corrected chi connectivity index (χ3v) is 6.06. The molecule has 0 saturated heterocycles. The summed E-state index contributed by atoms with van der Waals surface area (Å²) in [7, 11) is 0. The van der Waals surface area contributed by atoms with E-state index in [2.05, 4.69) is 60.7 Å². The highest BCUT2D eigenvalue weighted by atomic mass is 16.1. The van der Waals surface area contributed by atoms with Crippen LogP contribution in [0.15, 0.2) is 109 Å². The molecule has 0 amide bonds. The number of hydrogen-bond acceptors (Lipinski definition) is 1. The minimum Gasteiger partial charge on any atom is -0.289 e. The lowest BCUT2D eigenvalue weighted by Crippen LogP contribution is -2.03. The molecule has 1 nitrogen and oxygen atoms in total. The van der Waals surface area contributed by atoms with Gasteiger partial charge in [0.2, 0.25) is 0 Å². The fraction of sp³-hybridized carbons (Fsp3) is 0. The summed E-state index contributed by atoms with van der Waals surface area (Å²) in [6, 6.07) is 37.1. The zero-order valence-corrected chi connectivity index (χ0v) is 16.3. The Balaban J connectivity index is 1.62. The summed E-state index contributed by atoms with van der Waals surface area (Å²) >= 11 is 0. The van der Waals surface area contributed by atoms with Gasteiger partial charge in [-0.1, -0.05) is 109 Å². The largest absolute Gasteiger partial charge is 0.289 e. The molecule has 0 heterocycles. The Morgan fingerprint density at radius 3 is 1.30 bits per heavy atom. The zero-order chi connectivity index (χ0) is 20.1. The Morgan fingerprint density at radius 1 is 0.367 bits per heavy atom. The molecule has 0 aliphatic heterocycles. The SMILES string of the molecule is O=C(c1cccc2c1ccc1ccccc12)c1cccc2c1ccc1ccccc12. The van der Waals surface area contributed by atoms with Crippen LogP contribution in [0.1, 0.15) is 15.9 Å². The highest BCUT2D eigenvalue weighted by Gasteiger charge is 2.16. The van der Waals surface area contributed by atoms with Gasteiger partial charge in [-0.25, -0.2) is 0 Å². The van der Waals surface area contributed by atoms with Gasteiger partial charge in [-0.3, -0.25) is 4.79 Å². The Kier molecular flexibility index (Phi) is 3.69. The maximum absolute atomic E-state index is 13.7. The summed E-state index contributed by atoms with van der Waals surface area (Å²) < 4.78 is 0. The van der Waals surface area contributed by atoms with Crippen LogP contribution in [0, 0.1) is 0 Å². The van der Waals surface area contributed by atoms with Gasteiger partial charge in [0.25, 0.3) is 0 Å². The van der Waals surface area contributed by atoms with Crippen LogP contribution in [0.4, 0.5) is 0 Å². The fourth-order valence-electron chi connectivity index (χ4n) is 4.62. The maximum Gasteiger partial charge on any atom is 0.194 e. The van der Waals surface area contributed by atoms with Crippen molar-refractivity contribution in [3.05, 3.63) is 120 Å². The van der Waals surface area contributed by atoms with E-state index in [1.165, 1.54) is 21.5 Å². The summed E-state index contributed by atoms with van der Waals surface area (Å²) in [6.07, 6.45) is 0. The third-order valence-electron chi connectivity index (χ3n) is 6.06. The molecule has 0 fully saturated rings. The topological polar surface area (TPSA) is 17.1 Å². The highest BCUT2D eigenvalue weighted by Crippen LogP contribution is 2.32. The molecule has 6 aromatic rings. The Bertz CT molecular complexity index is 1490. The molecule has 0 unspecified atom stereocenters. The first-order valence-corrected chi connectivity index (χ1v) is 10.2. The van der Waals surface area contributed by atoms with Gasteiger partial charge in [0, 0.05) is 11.1 Å².